The molecule has 0 saturated heterocycles. The van der Waals surface area contributed by atoms with E-state index in [9.17, 15) is 4.79 Å². The van der Waals surface area contributed by atoms with Crippen LogP contribution in [0.1, 0.15) is 75.8 Å². The van der Waals surface area contributed by atoms with Crippen LogP contribution in [0.3, 0.4) is 0 Å². The summed E-state index contributed by atoms with van der Waals surface area (Å²) in [6.07, 6.45) is 9.50. The molecule has 0 aromatic heterocycles. The second-order valence-electron chi connectivity index (χ2n) is 9.04. The van der Waals surface area contributed by atoms with Crippen molar-refractivity contribution in [3.8, 4) is 5.75 Å². The summed E-state index contributed by atoms with van der Waals surface area (Å²) in [7, 11) is 0. The molecule has 2 aromatic carbocycles. The minimum atomic E-state index is -0.686. The molecule has 1 saturated carbocycles. The smallest absolute Gasteiger partial charge is 0.412 e. The Morgan fingerprint density at radius 3 is 2.73 bits per heavy atom. The first-order chi connectivity index (χ1) is 16.0. The SMILES string of the molecule is CC1(C)OC(=O)Nc2c(OCCCC=NOSc3ccc(C4CCCCC4)cc3)cccc21. The zero-order valence-electron chi connectivity index (χ0n) is 19.3. The van der Waals surface area contributed by atoms with Gasteiger partial charge in [0.25, 0.3) is 0 Å². The van der Waals surface area contributed by atoms with E-state index in [1.807, 2.05) is 32.0 Å². The maximum Gasteiger partial charge on any atom is 0.412 e. The van der Waals surface area contributed by atoms with Crippen LogP contribution in [0.2, 0.25) is 0 Å². The van der Waals surface area contributed by atoms with Crippen LogP contribution >= 0.6 is 12.0 Å². The summed E-state index contributed by atoms with van der Waals surface area (Å²) in [5, 5.41) is 6.79. The van der Waals surface area contributed by atoms with E-state index in [-0.39, 0.29) is 0 Å². The number of ether oxygens (including phenoxy) is 2. The normalized spacial score (nSPS) is 17.8. The van der Waals surface area contributed by atoms with Gasteiger partial charge in [0.05, 0.1) is 17.2 Å². The van der Waals surface area contributed by atoms with Gasteiger partial charge in [0.1, 0.15) is 23.4 Å². The van der Waals surface area contributed by atoms with Gasteiger partial charge in [-0.2, -0.15) is 0 Å². The molecular formula is C26H32N2O4S. The summed E-state index contributed by atoms with van der Waals surface area (Å²) in [5.74, 6) is 1.37. The Kier molecular flexibility index (Phi) is 7.81. The molecule has 2 aromatic rings. The van der Waals surface area contributed by atoms with Crippen LogP contribution in [0, 0.1) is 0 Å². The van der Waals surface area contributed by atoms with Crippen LogP contribution in [-0.2, 0) is 14.6 Å². The van der Waals surface area contributed by atoms with Crippen LogP contribution in [-0.4, -0.2) is 18.9 Å². The Bertz CT molecular complexity index is 969. The highest BCUT2D eigenvalue weighted by Gasteiger charge is 2.34. The van der Waals surface area contributed by atoms with Gasteiger partial charge in [-0.1, -0.05) is 48.7 Å². The summed E-state index contributed by atoms with van der Waals surface area (Å²) >= 11 is 1.27. The lowest BCUT2D eigenvalue weighted by Crippen LogP contribution is -2.34. The van der Waals surface area contributed by atoms with Crippen molar-refractivity contribution >= 4 is 30.0 Å². The van der Waals surface area contributed by atoms with E-state index in [1.54, 1.807) is 6.21 Å². The third kappa shape index (κ3) is 6.22. The molecule has 1 amide bonds. The average molecular weight is 469 g/mol. The Morgan fingerprint density at radius 2 is 1.94 bits per heavy atom. The van der Waals surface area contributed by atoms with E-state index in [4.69, 9.17) is 13.8 Å². The molecule has 1 aliphatic carbocycles. The van der Waals surface area contributed by atoms with Gasteiger partial charge in [0.2, 0.25) is 0 Å². The third-order valence-electron chi connectivity index (χ3n) is 6.19. The quantitative estimate of drug-likeness (QED) is 0.180. The van der Waals surface area contributed by atoms with Gasteiger partial charge >= 0.3 is 6.09 Å². The summed E-state index contributed by atoms with van der Waals surface area (Å²) in [5.41, 5.74) is 2.34. The predicted octanol–water partition coefficient (Wildman–Crippen LogP) is 7.40. The van der Waals surface area contributed by atoms with Crippen molar-refractivity contribution in [1.82, 2.24) is 0 Å². The Hall–Kier alpha value is -2.67. The van der Waals surface area contributed by atoms with Gasteiger partial charge in [0, 0.05) is 11.8 Å². The number of hydrogen-bond acceptors (Lipinski definition) is 6. The molecule has 0 bridgehead atoms. The standard InChI is InChI=1S/C26H32N2O4S/c1-26(2)22-11-8-12-23(24(22)28-25(29)31-26)30-18-7-6-17-27-32-33-21-15-13-20(14-16-21)19-9-4-3-5-10-19/h8,11-17,19H,3-7,9-10,18H2,1-2H3,(H,28,29). The molecule has 2 aliphatic rings. The number of benzene rings is 2. The highest BCUT2D eigenvalue weighted by Crippen LogP contribution is 2.40. The van der Waals surface area contributed by atoms with Crippen molar-refractivity contribution < 1.29 is 18.6 Å². The van der Waals surface area contributed by atoms with E-state index < -0.39 is 11.7 Å². The van der Waals surface area contributed by atoms with Gasteiger partial charge in [-0.15, -0.1) is 0 Å². The fraction of sp³-hybridized carbons (Fsp3) is 0.462. The van der Waals surface area contributed by atoms with Crippen LogP contribution in [0.15, 0.2) is 52.5 Å². The first-order valence-electron chi connectivity index (χ1n) is 11.7. The first kappa shape index (κ1) is 23.5. The molecule has 1 N–H and O–H groups in total. The maximum absolute atomic E-state index is 11.8. The predicted molar refractivity (Wildman–Crippen MR) is 132 cm³/mol. The van der Waals surface area contributed by atoms with Crippen LogP contribution < -0.4 is 10.1 Å². The zero-order valence-corrected chi connectivity index (χ0v) is 20.2. The summed E-state index contributed by atoms with van der Waals surface area (Å²) in [6.45, 7) is 4.25. The highest BCUT2D eigenvalue weighted by molar-refractivity contribution is 7.94. The second-order valence-corrected chi connectivity index (χ2v) is 9.83. The van der Waals surface area contributed by atoms with Gasteiger partial charge < -0.3 is 13.8 Å². The number of carbonyl (C=O) groups excluding carboxylic acids is 1. The number of oxime groups is 1. The zero-order chi connectivity index (χ0) is 23.1. The monoisotopic (exact) mass is 468 g/mol. The number of cyclic esters (lactones) is 1. The number of hydrogen-bond donors (Lipinski definition) is 1. The highest BCUT2D eigenvalue weighted by atomic mass is 32.2. The number of nitrogens with zero attached hydrogens (tertiary/aromatic N) is 1. The van der Waals surface area contributed by atoms with E-state index >= 15 is 0 Å². The maximum atomic E-state index is 11.8. The number of carbonyl (C=O) groups is 1. The van der Waals surface area contributed by atoms with Crippen molar-refractivity contribution in [2.24, 2.45) is 5.16 Å². The van der Waals surface area contributed by atoms with Crippen LogP contribution in [0.5, 0.6) is 5.75 Å². The molecule has 33 heavy (non-hydrogen) atoms. The van der Waals surface area contributed by atoms with Crippen molar-refractivity contribution in [2.75, 3.05) is 11.9 Å². The molecule has 6 nitrogen and oxygen atoms in total. The van der Waals surface area contributed by atoms with E-state index in [2.05, 4.69) is 34.7 Å². The van der Waals surface area contributed by atoms with Crippen LogP contribution in [0.4, 0.5) is 10.5 Å². The van der Waals surface area contributed by atoms with Crippen LogP contribution in [0.25, 0.3) is 0 Å². The molecule has 1 fully saturated rings. The van der Waals surface area contributed by atoms with Gasteiger partial charge in [-0.3, -0.25) is 5.32 Å². The van der Waals surface area contributed by atoms with E-state index in [0.29, 0.717) is 18.0 Å². The molecule has 1 heterocycles. The number of anilines is 1. The van der Waals surface area contributed by atoms with Crippen molar-refractivity contribution in [3.63, 3.8) is 0 Å². The fourth-order valence-corrected chi connectivity index (χ4v) is 4.87. The Balaban J connectivity index is 1.16. The molecule has 0 unspecified atom stereocenters. The molecule has 0 atom stereocenters. The van der Waals surface area contributed by atoms with Crippen molar-refractivity contribution in [3.05, 3.63) is 53.6 Å². The van der Waals surface area contributed by atoms with Gasteiger partial charge in [-0.05, 0) is 69.2 Å². The molecule has 7 heteroatoms. The molecular weight excluding hydrogens is 436 g/mol. The largest absolute Gasteiger partial charge is 0.491 e. The third-order valence-corrected chi connectivity index (χ3v) is 6.82. The fourth-order valence-electron chi connectivity index (χ4n) is 4.43. The minimum Gasteiger partial charge on any atom is -0.491 e. The summed E-state index contributed by atoms with van der Waals surface area (Å²) < 4.78 is 16.6. The minimum absolute atomic E-state index is 0.464. The van der Waals surface area contributed by atoms with Crippen molar-refractivity contribution in [1.29, 1.82) is 0 Å². The van der Waals surface area contributed by atoms with E-state index in [1.165, 1.54) is 49.7 Å². The lowest BCUT2D eigenvalue weighted by Gasteiger charge is -2.33. The molecule has 0 spiro atoms. The number of amides is 1. The number of rotatable bonds is 9. The Labute approximate surface area is 200 Å². The number of unbranched alkanes of at least 4 members (excludes halogenated alkanes) is 1. The number of fused-ring (bicyclic) bond motifs is 1. The van der Waals surface area contributed by atoms with E-state index in [0.717, 1.165) is 29.2 Å². The second kappa shape index (κ2) is 11.0. The number of nitrogens with one attached hydrogen (secondary N) is 1. The average Bonchev–Trinajstić information content (AvgIpc) is 2.81. The lowest BCUT2D eigenvalue weighted by molar-refractivity contribution is 0.0416. The Morgan fingerprint density at radius 1 is 1.15 bits per heavy atom. The van der Waals surface area contributed by atoms with Crippen molar-refractivity contribution in [2.45, 2.75) is 75.2 Å². The van der Waals surface area contributed by atoms with Gasteiger partial charge in [0.15, 0.2) is 0 Å². The molecule has 0 radical (unpaired) electrons. The molecule has 4 rings (SSSR count). The lowest BCUT2D eigenvalue weighted by atomic mass is 9.84. The van der Waals surface area contributed by atoms with Gasteiger partial charge in [-0.25, -0.2) is 4.79 Å². The molecule has 1 aliphatic heterocycles. The summed E-state index contributed by atoms with van der Waals surface area (Å²) in [4.78, 5) is 12.9. The molecule has 176 valence electrons. The number of para-hydroxylation sites is 1. The first-order valence-corrected chi connectivity index (χ1v) is 12.5. The topological polar surface area (TPSA) is 69.2 Å². The summed E-state index contributed by atoms with van der Waals surface area (Å²) in [6, 6.07) is 14.4.